The number of carbonyl (C=O) groups is 1. The van der Waals surface area contributed by atoms with Crippen LogP contribution in [0.1, 0.15) is 5.56 Å². The highest BCUT2D eigenvalue weighted by molar-refractivity contribution is 5.84. The number of benzene rings is 2. The van der Waals surface area contributed by atoms with Crippen LogP contribution in [0.5, 0.6) is 0 Å². The van der Waals surface area contributed by atoms with Crippen LogP contribution in [0.2, 0.25) is 0 Å². The quantitative estimate of drug-likeness (QED) is 0.517. The van der Waals surface area contributed by atoms with Crippen LogP contribution in [0.15, 0.2) is 42.5 Å². The topological polar surface area (TPSA) is 179 Å². The van der Waals surface area contributed by atoms with Crippen molar-refractivity contribution >= 4 is 28.7 Å². The van der Waals surface area contributed by atoms with Crippen molar-refractivity contribution in [3.63, 3.8) is 0 Å². The molecule has 2 aromatic carbocycles. The molecule has 2 aromatic rings. The maximum absolute atomic E-state index is 11.5. The fraction of sp³-hybridized carbons (Fsp3) is 0.133. The first-order chi connectivity index (χ1) is 12.7. The van der Waals surface area contributed by atoms with Crippen LogP contribution in [0, 0.1) is 30.3 Å². The van der Waals surface area contributed by atoms with E-state index in [1.807, 2.05) is 0 Å². The van der Waals surface area contributed by atoms with E-state index in [4.69, 9.17) is 0 Å². The number of anilines is 1. The number of hydrogen-bond acceptors (Lipinski definition) is 8. The molecule has 1 atom stereocenters. The predicted molar refractivity (Wildman–Crippen MR) is 91.6 cm³/mol. The SMILES string of the molecule is O=C(O)[C@H](Cc1ccccc1)Nc1c([N+](=O)[O-])cc([N+](=O)[O-])cc1[N+](=O)[O-]. The zero-order valence-corrected chi connectivity index (χ0v) is 13.5. The van der Waals surface area contributed by atoms with Crippen LogP contribution < -0.4 is 5.32 Å². The minimum Gasteiger partial charge on any atom is -0.480 e. The molecule has 0 aliphatic rings. The van der Waals surface area contributed by atoms with E-state index >= 15 is 0 Å². The van der Waals surface area contributed by atoms with E-state index in [1.165, 1.54) is 0 Å². The Labute approximate surface area is 150 Å². The van der Waals surface area contributed by atoms with E-state index in [9.17, 15) is 40.2 Å². The van der Waals surface area contributed by atoms with Crippen molar-refractivity contribution in [2.45, 2.75) is 12.5 Å². The molecule has 140 valence electrons. The summed E-state index contributed by atoms with van der Waals surface area (Å²) in [6.45, 7) is 0. The Morgan fingerprint density at radius 1 is 0.963 bits per heavy atom. The predicted octanol–water partition coefficient (Wildman–Crippen LogP) is 2.52. The number of hydrogen-bond donors (Lipinski definition) is 2. The zero-order chi connectivity index (χ0) is 20.1. The molecular formula is C15H12N4O8. The molecule has 0 saturated carbocycles. The van der Waals surface area contributed by atoms with Crippen molar-refractivity contribution in [3.8, 4) is 0 Å². The van der Waals surface area contributed by atoms with Gasteiger partial charge in [0, 0.05) is 6.42 Å². The summed E-state index contributed by atoms with van der Waals surface area (Å²) in [5.74, 6) is -1.40. The molecule has 27 heavy (non-hydrogen) atoms. The highest BCUT2D eigenvalue weighted by Gasteiger charge is 2.33. The van der Waals surface area contributed by atoms with E-state index in [2.05, 4.69) is 5.32 Å². The Morgan fingerprint density at radius 2 is 1.48 bits per heavy atom. The summed E-state index contributed by atoms with van der Waals surface area (Å²) in [7, 11) is 0. The van der Waals surface area contributed by atoms with Gasteiger partial charge in [0.25, 0.3) is 5.69 Å². The maximum Gasteiger partial charge on any atom is 0.326 e. The number of non-ortho nitro benzene ring substituents is 1. The Balaban J connectivity index is 2.53. The summed E-state index contributed by atoms with van der Waals surface area (Å²) in [5, 5.41) is 45.1. The molecular weight excluding hydrogens is 364 g/mol. The number of nitro groups is 3. The fourth-order valence-corrected chi connectivity index (χ4v) is 2.36. The normalized spacial score (nSPS) is 11.4. The second-order valence-electron chi connectivity index (χ2n) is 5.36. The van der Waals surface area contributed by atoms with Gasteiger partial charge in [-0.25, -0.2) is 4.79 Å². The molecule has 0 fully saturated rings. The minimum atomic E-state index is -1.44. The summed E-state index contributed by atoms with van der Waals surface area (Å²) in [5.41, 5.74) is -2.91. The average Bonchev–Trinajstić information content (AvgIpc) is 2.61. The molecule has 0 spiro atoms. The lowest BCUT2D eigenvalue weighted by Gasteiger charge is -2.16. The molecule has 0 radical (unpaired) electrons. The van der Waals surface area contributed by atoms with Crippen LogP contribution in [0.3, 0.4) is 0 Å². The van der Waals surface area contributed by atoms with Gasteiger partial charge in [-0.2, -0.15) is 0 Å². The van der Waals surface area contributed by atoms with Gasteiger partial charge >= 0.3 is 17.3 Å². The van der Waals surface area contributed by atoms with Crippen molar-refractivity contribution in [2.75, 3.05) is 5.32 Å². The zero-order valence-electron chi connectivity index (χ0n) is 13.5. The van der Waals surface area contributed by atoms with E-state index < -0.39 is 49.5 Å². The summed E-state index contributed by atoms with van der Waals surface area (Å²) in [4.78, 5) is 41.8. The minimum absolute atomic E-state index is 0.124. The summed E-state index contributed by atoms with van der Waals surface area (Å²) < 4.78 is 0. The van der Waals surface area contributed by atoms with E-state index in [-0.39, 0.29) is 6.42 Å². The van der Waals surface area contributed by atoms with Gasteiger partial charge in [0.2, 0.25) is 0 Å². The van der Waals surface area contributed by atoms with Crippen LogP contribution in [0.4, 0.5) is 22.7 Å². The summed E-state index contributed by atoms with van der Waals surface area (Å²) in [6, 6.07) is 7.90. The van der Waals surface area contributed by atoms with Crippen molar-refractivity contribution in [3.05, 3.63) is 78.4 Å². The maximum atomic E-state index is 11.5. The number of nitrogens with one attached hydrogen (secondary N) is 1. The van der Waals surface area contributed by atoms with Crippen molar-refractivity contribution < 1.29 is 24.7 Å². The highest BCUT2D eigenvalue weighted by atomic mass is 16.6. The number of nitrogens with zero attached hydrogens (tertiary/aromatic N) is 3. The number of aliphatic carboxylic acids is 1. The van der Waals surface area contributed by atoms with Gasteiger partial charge < -0.3 is 10.4 Å². The lowest BCUT2D eigenvalue weighted by molar-refractivity contribution is -0.401. The van der Waals surface area contributed by atoms with Crippen LogP contribution in [-0.4, -0.2) is 31.9 Å². The second kappa shape index (κ2) is 7.86. The van der Waals surface area contributed by atoms with Gasteiger partial charge in [0.05, 0.1) is 26.9 Å². The van der Waals surface area contributed by atoms with Crippen LogP contribution in [0.25, 0.3) is 0 Å². The molecule has 0 amide bonds. The highest BCUT2D eigenvalue weighted by Crippen LogP contribution is 2.38. The van der Waals surface area contributed by atoms with Gasteiger partial charge in [-0.1, -0.05) is 30.3 Å². The summed E-state index contributed by atoms with van der Waals surface area (Å²) in [6.07, 6.45) is -0.124. The molecule has 2 rings (SSSR count). The number of carboxylic acids is 1. The molecule has 0 unspecified atom stereocenters. The van der Waals surface area contributed by atoms with Gasteiger partial charge in [0.1, 0.15) is 6.04 Å². The molecule has 0 aliphatic carbocycles. The number of rotatable bonds is 8. The monoisotopic (exact) mass is 376 g/mol. The fourth-order valence-electron chi connectivity index (χ4n) is 2.36. The lowest BCUT2D eigenvalue weighted by atomic mass is 10.1. The largest absolute Gasteiger partial charge is 0.480 e. The second-order valence-corrected chi connectivity index (χ2v) is 5.36. The van der Waals surface area contributed by atoms with Crippen molar-refractivity contribution in [1.29, 1.82) is 0 Å². The third-order valence-electron chi connectivity index (χ3n) is 3.59. The third-order valence-corrected chi connectivity index (χ3v) is 3.59. The van der Waals surface area contributed by atoms with E-state index in [0.29, 0.717) is 17.7 Å². The Hall–Kier alpha value is -4.09. The van der Waals surface area contributed by atoms with Gasteiger partial charge in [-0.3, -0.25) is 30.3 Å². The molecule has 0 heterocycles. The van der Waals surface area contributed by atoms with E-state index in [1.54, 1.807) is 30.3 Å². The first kappa shape index (κ1) is 19.2. The van der Waals surface area contributed by atoms with Crippen LogP contribution in [-0.2, 0) is 11.2 Å². The van der Waals surface area contributed by atoms with Gasteiger partial charge in [-0.05, 0) is 5.56 Å². The Kier molecular flexibility index (Phi) is 5.60. The Morgan fingerprint density at radius 3 is 1.89 bits per heavy atom. The number of carboxylic acid groups (broad SMARTS) is 1. The molecule has 12 heteroatoms. The smallest absolute Gasteiger partial charge is 0.326 e. The first-order valence-electron chi connectivity index (χ1n) is 7.35. The first-order valence-corrected chi connectivity index (χ1v) is 7.35. The Bertz CT molecular complexity index is 880. The summed E-state index contributed by atoms with van der Waals surface area (Å²) >= 11 is 0. The van der Waals surface area contributed by atoms with Gasteiger partial charge in [0.15, 0.2) is 5.69 Å². The molecule has 2 N–H and O–H groups in total. The lowest BCUT2D eigenvalue weighted by Crippen LogP contribution is -2.32. The third kappa shape index (κ3) is 4.50. The standard InChI is InChI=1S/C15H12N4O8/c20-15(21)11(6-9-4-2-1-3-5-9)16-14-12(18(24)25)7-10(17(22)23)8-13(14)19(26)27/h1-5,7-8,11,16H,6H2,(H,20,21)/t11-/m0/s1. The molecule has 0 bridgehead atoms. The molecule has 0 aliphatic heterocycles. The molecule has 0 saturated heterocycles. The van der Waals surface area contributed by atoms with E-state index in [0.717, 1.165) is 0 Å². The number of nitro benzene ring substituents is 3. The molecule has 12 nitrogen and oxygen atoms in total. The van der Waals surface area contributed by atoms with Crippen molar-refractivity contribution in [2.24, 2.45) is 0 Å². The van der Waals surface area contributed by atoms with Crippen LogP contribution >= 0.6 is 0 Å². The van der Waals surface area contributed by atoms with Crippen molar-refractivity contribution in [1.82, 2.24) is 0 Å². The molecule has 0 aromatic heterocycles. The van der Waals surface area contributed by atoms with Gasteiger partial charge in [-0.15, -0.1) is 0 Å². The average molecular weight is 376 g/mol.